The molecule has 0 aliphatic carbocycles. The third-order valence-corrected chi connectivity index (χ3v) is 2.88. The SMILES string of the molecule is O=C(NCC#Cc1ccc(F)cc1)c1ccsc1. The number of thiophene rings is 1. The molecule has 0 bridgehead atoms. The third-order valence-electron chi connectivity index (χ3n) is 2.20. The lowest BCUT2D eigenvalue weighted by Crippen LogP contribution is -2.22. The number of rotatable bonds is 2. The summed E-state index contributed by atoms with van der Waals surface area (Å²) < 4.78 is 12.6. The molecule has 1 amide bonds. The molecule has 1 N–H and O–H groups in total. The van der Waals surface area contributed by atoms with Gasteiger partial charge >= 0.3 is 0 Å². The highest BCUT2D eigenvalue weighted by Crippen LogP contribution is 2.04. The minimum absolute atomic E-state index is 0.135. The minimum Gasteiger partial charge on any atom is -0.341 e. The average Bonchev–Trinajstić information content (AvgIpc) is 2.90. The number of hydrogen-bond acceptors (Lipinski definition) is 2. The summed E-state index contributed by atoms with van der Waals surface area (Å²) in [7, 11) is 0. The Hall–Kier alpha value is -2.12. The maximum Gasteiger partial charge on any atom is 0.252 e. The first-order valence-electron chi connectivity index (χ1n) is 5.30. The fourth-order valence-corrected chi connectivity index (χ4v) is 1.94. The molecular weight excluding hydrogens is 249 g/mol. The summed E-state index contributed by atoms with van der Waals surface area (Å²) in [5.41, 5.74) is 1.37. The highest BCUT2D eigenvalue weighted by atomic mass is 32.1. The molecule has 0 saturated carbocycles. The van der Waals surface area contributed by atoms with Gasteiger partial charge in [-0.1, -0.05) is 11.8 Å². The first-order chi connectivity index (χ1) is 8.75. The topological polar surface area (TPSA) is 29.1 Å². The van der Waals surface area contributed by atoms with Gasteiger partial charge in [-0.25, -0.2) is 4.39 Å². The van der Waals surface area contributed by atoms with E-state index in [-0.39, 0.29) is 18.3 Å². The van der Waals surface area contributed by atoms with Crippen LogP contribution < -0.4 is 5.32 Å². The zero-order valence-electron chi connectivity index (χ0n) is 9.44. The summed E-state index contributed by atoms with van der Waals surface area (Å²) in [4.78, 5) is 11.5. The molecule has 1 heterocycles. The monoisotopic (exact) mass is 259 g/mol. The van der Waals surface area contributed by atoms with Gasteiger partial charge < -0.3 is 5.32 Å². The van der Waals surface area contributed by atoms with Crippen molar-refractivity contribution >= 4 is 17.2 Å². The predicted molar refractivity (Wildman–Crippen MR) is 69.9 cm³/mol. The number of hydrogen-bond donors (Lipinski definition) is 1. The van der Waals surface area contributed by atoms with Crippen LogP contribution >= 0.6 is 11.3 Å². The second kappa shape index (κ2) is 5.99. The lowest BCUT2D eigenvalue weighted by Gasteiger charge is -1.96. The van der Waals surface area contributed by atoms with Gasteiger partial charge in [-0.05, 0) is 35.7 Å². The first-order valence-corrected chi connectivity index (χ1v) is 6.25. The van der Waals surface area contributed by atoms with Gasteiger partial charge in [0.15, 0.2) is 0 Å². The van der Waals surface area contributed by atoms with Crippen molar-refractivity contribution in [3.05, 3.63) is 58.0 Å². The van der Waals surface area contributed by atoms with Crippen molar-refractivity contribution in [3.8, 4) is 11.8 Å². The Bertz CT molecular complexity index is 579. The summed E-state index contributed by atoms with van der Waals surface area (Å²) in [6, 6.07) is 7.67. The Morgan fingerprint density at radius 3 is 2.72 bits per heavy atom. The largest absolute Gasteiger partial charge is 0.341 e. The van der Waals surface area contributed by atoms with E-state index in [0.717, 1.165) is 5.56 Å². The van der Waals surface area contributed by atoms with Crippen LogP contribution in [-0.4, -0.2) is 12.5 Å². The Labute approximate surface area is 108 Å². The van der Waals surface area contributed by atoms with E-state index in [1.165, 1.54) is 23.5 Å². The van der Waals surface area contributed by atoms with Crippen LogP contribution in [-0.2, 0) is 0 Å². The zero-order valence-corrected chi connectivity index (χ0v) is 10.3. The van der Waals surface area contributed by atoms with Gasteiger partial charge in [-0.2, -0.15) is 11.3 Å². The molecule has 0 spiro atoms. The van der Waals surface area contributed by atoms with E-state index < -0.39 is 0 Å². The number of carbonyl (C=O) groups is 1. The molecule has 1 aromatic carbocycles. The van der Waals surface area contributed by atoms with Crippen molar-refractivity contribution in [2.24, 2.45) is 0 Å². The summed E-state index contributed by atoms with van der Waals surface area (Å²) >= 11 is 1.47. The van der Waals surface area contributed by atoms with Crippen LogP contribution in [0.2, 0.25) is 0 Å². The summed E-state index contributed by atoms with van der Waals surface area (Å²) in [5, 5.41) is 6.31. The molecule has 0 aliphatic heterocycles. The van der Waals surface area contributed by atoms with E-state index in [1.807, 2.05) is 5.38 Å². The highest BCUT2D eigenvalue weighted by Gasteiger charge is 2.02. The molecule has 1 aromatic heterocycles. The third kappa shape index (κ3) is 3.44. The zero-order chi connectivity index (χ0) is 12.8. The molecule has 2 rings (SSSR count). The van der Waals surface area contributed by atoms with Crippen LogP contribution in [0.4, 0.5) is 4.39 Å². The van der Waals surface area contributed by atoms with E-state index in [2.05, 4.69) is 17.2 Å². The second-order valence-electron chi connectivity index (χ2n) is 3.50. The molecular formula is C14H10FNOS. The average molecular weight is 259 g/mol. The van der Waals surface area contributed by atoms with Gasteiger partial charge in [0, 0.05) is 10.9 Å². The van der Waals surface area contributed by atoms with Gasteiger partial charge in [0.05, 0.1) is 12.1 Å². The number of benzene rings is 1. The van der Waals surface area contributed by atoms with E-state index in [1.54, 1.807) is 23.6 Å². The second-order valence-corrected chi connectivity index (χ2v) is 4.28. The summed E-state index contributed by atoms with van der Waals surface area (Å²) in [5.74, 6) is 5.24. The van der Waals surface area contributed by atoms with Crippen molar-refractivity contribution < 1.29 is 9.18 Å². The van der Waals surface area contributed by atoms with E-state index >= 15 is 0 Å². The lowest BCUT2D eigenvalue weighted by molar-refractivity contribution is 0.0959. The van der Waals surface area contributed by atoms with Crippen LogP contribution in [0, 0.1) is 17.7 Å². The smallest absolute Gasteiger partial charge is 0.252 e. The molecule has 2 nitrogen and oxygen atoms in total. The van der Waals surface area contributed by atoms with Gasteiger partial charge in [0.1, 0.15) is 5.82 Å². The molecule has 0 atom stereocenters. The quantitative estimate of drug-likeness (QED) is 0.825. The summed E-state index contributed by atoms with van der Waals surface area (Å²) in [6.45, 7) is 0.270. The van der Waals surface area contributed by atoms with Gasteiger partial charge in [0.25, 0.3) is 5.91 Å². The molecule has 0 saturated heterocycles. The van der Waals surface area contributed by atoms with Crippen molar-refractivity contribution in [1.29, 1.82) is 0 Å². The van der Waals surface area contributed by atoms with Crippen molar-refractivity contribution in [2.75, 3.05) is 6.54 Å². The molecule has 18 heavy (non-hydrogen) atoms. The van der Waals surface area contributed by atoms with Crippen LogP contribution in [0.5, 0.6) is 0 Å². The Balaban J connectivity index is 1.86. The Kier molecular flexibility index (Phi) is 4.11. The normalized spacial score (nSPS) is 9.39. The lowest BCUT2D eigenvalue weighted by atomic mass is 10.2. The van der Waals surface area contributed by atoms with Crippen LogP contribution in [0.3, 0.4) is 0 Å². The number of carbonyl (C=O) groups excluding carboxylic acids is 1. The van der Waals surface area contributed by atoms with E-state index in [4.69, 9.17) is 0 Å². The van der Waals surface area contributed by atoms with Gasteiger partial charge in [-0.15, -0.1) is 0 Å². The Morgan fingerprint density at radius 1 is 1.28 bits per heavy atom. The molecule has 0 fully saturated rings. The maximum absolute atomic E-state index is 12.6. The van der Waals surface area contributed by atoms with Gasteiger partial charge in [0.2, 0.25) is 0 Å². The van der Waals surface area contributed by atoms with Gasteiger partial charge in [-0.3, -0.25) is 4.79 Å². The van der Waals surface area contributed by atoms with Crippen LogP contribution in [0.15, 0.2) is 41.1 Å². The van der Waals surface area contributed by atoms with Crippen molar-refractivity contribution in [3.63, 3.8) is 0 Å². The molecule has 0 radical (unpaired) electrons. The fraction of sp³-hybridized carbons (Fsp3) is 0.0714. The van der Waals surface area contributed by atoms with Crippen molar-refractivity contribution in [1.82, 2.24) is 5.32 Å². The molecule has 4 heteroatoms. The fourth-order valence-electron chi connectivity index (χ4n) is 1.30. The predicted octanol–water partition coefficient (Wildman–Crippen LogP) is 2.67. The minimum atomic E-state index is -0.286. The first kappa shape index (κ1) is 12.3. The molecule has 0 aliphatic rings. The van der Waals surface area contributed by atoms with E-state index in [9.17, 15) is 9.18 Å². The summed E-state index contributed by atoms with van der Waals surface area (Å²) in [6.07, 6.45) is 0. The van der Waals surface area contributed by atoms with Crippen LogP contribution in [0.25, 0.3) is 0 Å². The van der Waals surface area contributed by atoms with Crippen molar-refractivity contribution in [2.45, 2.75) is 0 Å². The standard InChI is InChI=1S/C14H10FNOS/c15-13-5-3-11(4-6-13)2-1-8-16-14(17)12-7-9-18-10-12/h3-7,9-10H,8H2,(H,16,17). The molecule has 0 unspecified atom stereocenters. The number of amides is 1. The molecule has 2 aromatic rings. The number of nitrogens with one attached hydrogen (secondary N) is 1. The highest BCUT2D eigenvalue weighted by molar-refractivity contribution is 7.08. The molecule has 90 valence electrons. The Morgan fingerprint density at radius 2 is 2.06 bits per heavy atom. The maximum atomic E-state index is 12.6. The van der Waals surface area contributed by atoms with Crippen LogP contribution in [0.1, 0.15) is 15.9 Å². The van der Waals surface area contributed by atoms with E-state index in [0.29, 0.717) is 5.56 Å². The number of halogens is 1.